The molecule has 0 unspecified atom stereocenters. The summed E-state index contributed by atoms with van der Waals surface area (Å²) < 4.78 is 18.8. The van der Waals surface area contributed by atoms with Gasteiger partial charge in [-0.3, -0.25) is 0 Å². The Morgan fingerprint density at radius 2 is 2.15 bits per heavy atom. The quantitative estimate of drug-likeness (QED) is 0.904. The molecular weight excluding hydrogens is 277 g/mol. The van der Waals surface area contributed by atoms with E-state index in [1.807, 2.05) is 12.1 Å². The second-order valence-electron chi connectivity index (χ2n) is 4.85. The van der Waals surface area contributed by atoms with Gasteiger partial charge in [-0.2, -0.15) is 0 Å². The molecule has 1 heterocycles. The maximum Gasteiger partial charge on any atom is 0.143 e. The summed E-state index contributed by atoms with van der Waals surface area (Å²) in [6.45, 7) is 1.29. The molecule has 1 aliphatic heterocycles. The number of anilines is 1. The molecule has 0 amide bonds. The van der Waals surface area contributed by atoms with E-state index in [1.54, 1.807) is 6.07 Å². The van der Waals surface area contributed by atoms with Gasteiger partial charge in [0, 0.05) is 12.1 Å². The minimum atomic E-state index is -0.336. The molecule has 2 nitrogen and oxygen atoms in total. The van der Waals surface area contributed by atoms with Crippen molar-refractivity contribution in [3.8, 4) is 5.75 Å². The monoisotopic (exact) mass is 291 g/mol. The van der Waals surface area contributed by atoms with Gasteiger partial charge in [0.1, 0.15) is 18.2 Å². The lowest BCUT2D eigenvalue weighted by Crippen LogP contribution is -2.13. The summed E-state index contributed by atoms with van der Waals surface area (Å²) in [6, 6.07) is 10.4. The first-order chi connectivity index (χ1) is 9.74. The minimum Gasteiger partial charge on any atom is -0.487 e. The largest absolute Gasteiger partial charge is 0.487 e. The van der Waals surface area contributed by atoms with E-state index in [1.165, 1.54) is 17.7 Å². The van der Waals surface area contributed by atoms with E-state index in [-0.39, 0.29) is 5.82 Å². The van der Waals surface area contributed by atoms with Gasteiger partial charge < -0.3 is 10.1 Å². The summed E-state index contributed by atoms with van der Waals surface area (Å²) in [5, 5.41) is 3.76. The van der Waals surface area contributed by atoms with Crippen molar-refractivity contribution in [3.63, 3.8) is 0 Å². The lowest BCUT2D eigenvalue weighted by Gasteiger charge is -2.21. The van der Waals surface area contributed by atoms with Crippen LogP contribution in [-0.4, -0.2) is 6.54 Å². The van der Waals surface area contributed by atoms with E-state index < -0.39 is 0 Å². The van der Waals surface area contributed by atoms with Crippen LogP contribution in [0.4, 0.5) is 10.1 Å². The lowest BCUT2D eigenvalue weighted by molar-refractivity contribution is 0.307. The van der Waals surface area contributed by atoms with E-state index in [0.29, 0.717) is 11.6 Å². The summed E-state index contributed by atoms with van der Waals surface area (Å²) in [4.78, 5) is 0. The van der Waals surface area contributed by atoms with Gasteiger partial charge in [-0.1, -0.05) is 29.8 Å². The van der Waals surface area contributed by atoms with E-state index in [2.05, 4.69) is 11.4 Å². The van der Waals surface area contributed by atoms with Crippen LogP contribution >= 0.6 is 11.6 Å². The van der Waals surface area contributed by atoms with Gasteiger partial charge in [0.2, 0.25) is 0 Å². The average molecular weight is 292 g/mol. The molecule has 0 aromatic heterocycles. The summed E-state index contributed by atoms with van der Waals surface area (Å²) in [5.74, 6) is 0.486. The zero-order valence-electron chi connectivity index (χ0n) is 11.0. The third-order valence-corrected chi connectivity index (χ3v) is 3.79. The second-order valence-corrected chi connectivity index (χ2v) is 5.25. The van der Waals surface area contributed by atoms with E-state index in [0.717, 1.165) is 36.4 Å². The molecule has 0 spiro atoms. The van der Waals surface area contributed by atoms with Crippen LogP contribution in [0, 0.1) is 5.82 Å². The summed E-state index contributed by atoms with van der Waals surface area (Å²) in [5.41, 5.74) is 3.12. The van der Waals surface area contributed by atoms with Gasteiger partial charge in [0.25, 0.3) is 0 Å². The minimum absolute atomic E-state index is 0.331. The number of aryl methyl sites for hydroxylation is 1. The number of hydrogen-bond acceptors (Lipinski definition) is 2. The number of halogens is 2. The highest BCUT2D eigenvalue weighted by molar-refractivity contribution is 6.31. The van der Waals surface area contributed by atoms with E-state index in [9.17, 15) is 4.39 Å². The highest BCUT2D eigenvalue weighted by Gasteiger charge is 2.13. The molecule has 4 heteroatoms. The van der Waals surface area contributed by atoms with Crippen LogP contribution in [0.1, 0.15) is 17.5 Å². The van der Waals surface area contributed by atoms with Crippen LogP contribution < -0.4 is 10.1 Å². The van der Waals surface area contributed by atoms with Gasteiger partial charge in [0.05, 0.1) is 10.7 Å². The van der Waals surface area contributed by atoms with Crippen molar-refractivity contribution in [2.24, 2.45) is 0 Å². The molecule has 2 aromatic rings. The molecule has 0 fully saturated rings. The van der Waals surface area contributed by atoms with Crippen molar-refractivity contribution >= 4 is 17.3 Å². The standard InChI is InChI=1S/C16H15ClFNO/c17-14-9-13(18)7-6-12(14)10-20-15-5-1-3-11-4-2-8-19-16(11)15/h1,3,5-7,9,19H,2,4,8,10H2. The highest BCUT2D eigenvalue weighted by atomic mass is 35.5. The maximum atomic E-state index is 13.0. The Morgan fingerprint density at radius 3 is 3.00 bits per heavy atom. The first-order valence-corrected chi connectivity index (χ1v) is 7.04. The molecular formula is C16H15ClFNO. The summed E-state index contributed by atoms with van der Waals surface area (Å²) >= 11 is 6.00. The highest BCUT2D eigenvalue weighted by Crippen LogP contribution is 2.32. The molecule has 1 N–H and O–H groups in total. The Morgan fingerprint density at radius 1 is 1.25 bits per heavy atom. The molecule has 3 rings (SSSR count). The van der Waals surface area contributed by atoms with Gasteiger partial charge in [0.15, 0.2) is 0 Å². The van der Waals surface area contributed by atoms with Crippen molar-refractivity contribution in [2.45, 2.75) is 19.4 Å². The first-order valence-electron chi connectivity index (χ1n) is 6.66. The maximum absolute atomic E-state index is 13.0. The number of para-hydroxylation sites is 1. The van der Waals surface area contributed by atoms with Gasteiger partial charge in [-0.15, -0.1) is 0 Å². The molecule has 20 heavy (non-hydrogen) atoms. The Hall–Kier alpha value is -1.74. The zero-order valence-corrected chi connectivity index (χ0v) is 11.7. The number of benzene rings is 2. The van der Waals surface area contributed by atoms with E-state index >= 15 is 0 Å². The molecule has 0 saturated carbocycles. The second kappa shape index (κ2) is 5.71. The van der Waals surface area contributed by atoms with Gasteiger partial charge in [-0.05, 0) is 36.6 Å². The molecule has 0 bridgehead atoms. The Balaban J connectivity index is 1.78. The van der Waals surface area contributed by atoms with Crippen LogP contribution in [-0.2, 0) is 13.0 Å². The predicted octanol–water partition coefficient (Wildman–Crippen LogP) is 4.42. The normalized spacial score (nSPS) is 13.5. The summed E-state index contributed by atoms with van der Waals surface area (Å²) in [7, 11) is 0. The Labute approximate surface area is 122 Å². The molecule has 1 aliphatic rings. The van der Waals surface area contributed by atoms with Crippen LogP contribution in [0.5, 0.6) is 5.75 Å². The predicted molar refractivity (Wildman–Crippen MR) is 79.0 cm³/mol. The topological polar surface area (TPSA) is 21.3 Å². The molecule has 2 aromatic carbocycles. The van der Waals surface area contributed by atoms with Gasteiger partial charge in [-0.25, -0.2) is 4.39 Å². The Bertz CT molecular complexity index is 630. The molecule has 0 aliphatic carbocycles. The third kappa shape index (κ3) is 2.73. The van der Waals surface area contributed by atoms with Crippen molar-refractivity contribution in [2.75, 3.05) is 11.9 Å². The molecule has 0 radical (unpaired) electrons. The molecule has 0 saturated heterocycles. The number of nitrogens with one attached hydrogen (secondary N) is 1. The Kier molecular flexibility index (Phi) is 3.79. The van der Waals surface area contributed by atoms with Crippen LogP contribution in [0.15, 0.2) is 36.4 Å². The number of hydrogen-bond donors (Lipinski definition) is 1. The number of fused-ring (bicyclic) bond motifs is 1. The fourth-order valence-corrected chi connectivity index (χ4v) is 2.61. The summed E-state index contributed by atoms with van der Waals surface area (Å²) in [6.07, 6.45) is 2.21. The van der Waals surface area contributed by atoms with Gasteiger partial charge >= 0.3 is 0 Å². The van der Waals surface area contributed by atoms with Crippen LogP contribution in [0.2, 0.25) is 5.02 Å². The van der Waals surface area contributed by atoms with Crippen molar-refractivity contribution < 1.29 is 9.13 Å². The zero-order chi connectivity index (χ0) is 13.9. The lowest BCUT2D eigenvalue weighted by atomic mass is 10.0. The fraction of sp³-hybridized carbons (Fsp3) is 0.250. The van der Waals surface area contributed by atoms with Crippen LogP contribution in [0.25, 0.3) is 0 Å². The SMILES string of the molecule is Fc1ccc(COc2cccc3c2NCCC3)c(Cl)c1. The smallest absolute Gasteiger partial charge is 0.143 e. The molecule has 104 valence electrons. The average Bonchev–Trinajstić information content (AvgIpc) is 2.46. The number of ether oxygens (including phenoxy) is 1. The van der Waals surface area contributed by atoms with Crippen LogP contribution in [0.3, 0.4) is 0 Å². The van der Waals surface area contributed by atoms with E-state index in [4.69, 9.17) is 16.3 Å². The third-order valence-electron chi connectivity index (χ3n) is 3.44. The van der Waals surface area contributed by atoms with Crippen molar-refractivity contribution in [1.29, 1.82) is 0 Å². The fourth-order valence-electron chi connectivity index (χ4n) is 2.39. The first kappa shape index (κ1) is 13.3. The molecule has 0 atom stereocenters. The van der Waals surface area contributed by atoms with Crippen molar-refractivity contribution in [3.05, 3.63) is 58.4 Å². The van der Waals surface area contributed by atoms with Crippen molar-refractivity contribution in [1.82, 2.24) is 0 Å². The number of rotatable bonds is 3.